The van der Waals surface area contributed by atoms with Crippen LogP contribution >= 0.6 is 27.3 Å². The first kappa shape index (κ1) is 11.3. The van der Waals surface area contributed by atoms with Crippen molar-refractivity contribution in [3.8, 4) is 0 Å². The zero-order valence-corrected chi connectivity index (χ0v) is 10.7. The van der Waals surface area contributed by atoms with Crippen LogP contribution in [-0.2, 0) is 9.47 Å². The number of nitrogens with one attached hydrogen (secondary N) is 1. The highest BCUT2D eigenvalue weighted by molar-refractivity contribution is 9.11. The highest BCUT2D eigenvalue weighted by atomic mass is 79.9. The highest BCUT2D eigenvalue weighted by Gasteiger charge is 2.34. The van der Waals surface area contributed by atoms with Gasteiger partial charge in [0.25, 0.3) is 0 Å². The molecule has 7 heteroatoms. The second-order valence-electron chi connectivity index (χ2n) is 3.40. The van der Waals surface area contributed by atoms with Crippen LogP contribution in [0.25, 0.3) is 0 Å². The largest absolute Gasteiger partial charge is 0.378 e. The van der Waals surface area contributed by atoms with E-state index in [0.717, 1.165) is 22.1 Å². The van der Waals surface area contributed by atoms with Crippen LogP contribution in [0.5, 0.6) is 0 Å². The van der Waals surface area contributed by atoms with Crippen molar-refractivity contribution in [1.29, 1.82) is 0 Å². The number of methoxy groups -OCH3 is 1. The van der Waals surface area contributed by atoms with Gasteiger partial charge in [-0.2, -0.15) is 0 Å². The molecule has 2 heterocycles. The molecule has 1 atom stereocenters. The Balaban J connectivity index is 1.91. The average Bonchev–Trinajstić information content (AvgIpc) is 2.85. The number of aromatic nitrogens is 2. The van der Waals surface area contributed by atoms with Crippen LogP contribution in [0.3, 0.4) is 0 Å². The molecule has 84 valence electrons. The number of halogens is 1. The van der Waals surface area contributed by atoms with Crippen molar-refractivity contribution in [2.45, 2.75) is 12.0 Å². The fraction of sp³-hybridized carbons (Fsp3) is 0.750. The summed E-state index contributed by atoms with van der Waals surface area (Å²) in [7, 11) is 1.71. The Bertz CT molecular complexity index is 327. The summed E-state index contributed by atoms with van der Waals surface area (Å²) in [5, 5.41) is 11.8. The minimum Gasteiger partial charge on any atom is -0.378 e. The van der Waals surface area contributed by atoms with Gasteiger partial charge in [0.2, 0.25) is 5.13 Å². The number of anilines is 1. The molecule has 0 spiro atoms. The predicted octanol–water partition coefficient (Wildman–Crippen LogP) is 1.52. The number of hydrogen-bond donors (Lipinski definition) is 1. The van der Waals surface area contributed by atoms with E-state index in [1.165, 1.54) is 11.3 Å². The molecule has 1 aliphatic heterocycles. The van der Waals surface area contributed by atoms with Gasteiger partial charge < -0.3 is 14.8 Å². The Morgan fingerprint density at radius 2 is 2.53 bits per heavy atom. The van der Waals surface area contributed by atoms with Crippen LogP contribution in [0.4, 0.5) is 5.13 Å². The van der Waals surface area contributed by atoms with Crippen molar-refractivity contribution in [2.75, 3.05) is 32.2 Å². The molecule has 0 saturated carbocycles. The van der Waals surface area contributed by atoms with E-state index in [-0.39, 0.29) is 5.60 Å². The molecule has 5 nitrogen and oxygen atoms in total. The quantitative estimate of drug-likeness (QED) is 0.912. The summed E-state index contributed by atoms with van der Waals surface area (Å²) < 4.78 is 11.6. The normalized spacial score (nSPS) is 25.7. The minimum atomic E-state index is -0.210. The molecular formula is C8H12BrN3O2S. The van der Waals surface area contributed by atoms with Gasteiger partial charge in [0.1, 0.15) is 5.60 Å². The second kappa shape index (κ2) is 4.73. The molecule has 1 fully saturated rings. The molecular weight excluding hydrogens is 282 g/mol. The van der Waals surface area contributed by atoms with E-state index in [2.05, 4.69) is 31.4 Å². The molecule has 1 aromatic heterocycles. The lowest BCUT2D eigenvalue weighted by molar-refractivity contribution is -0.00620. The van der Waals surface area contributed by atoms with Gasteiger partial charge in [0.15, 0.2) is 3.92 Å². The average molecular weight is 294 g/mol. The van der Waals surface area contributed by atoms with Crippen molar-refractivity contribution < 1.29 is 9.47 Å². The summed E-state index contributed by atoms with van der Waals surface area (Å²) >= 11 is 4.73. The summed E-state index contributed by atoms with van der Waals surface area (Å²) in [5.74, 6) is 0. The molecule has 1 saturated heterocycles. The van der Waals surface area contributed by atoms with Crippen molar-refractivity contribution >= 4 is 32.4 Å². The fourth-order valence-electron chi connectivity index (χ4n) is 1.47. The first-order valence-electron chi connectivity index (χ1n) is 4.60. The Kier molecular flexibility index (Phi) is 3.55. The standard InChI is InChI=1S/C8H12BrN3O2S/c1-13-8(2-3-14-5-8)4-10-7-12-11-6(9)15-7/h2-5H2,1H3,(H,10,12). The highest BCUT2D eigenvalue weighted by Crippen LogP contribution is 2.25. The molecule has 1 aliphatic rings. The summed E-state index contributed by atoms with van der Waals surface area (Å²) in [6, 6.07) is 0. The third-order valence-electron chi connectivity index (χ3n) is 2.46. The summed E-state index contributed by atoms with van der Waals surface area (Å²) in [6.07, 6.45) is 0.913. The van der Waals surface area contributed by atoms with Gasteiger partial charge >= 0.3 is 0 Å². The van der Waals surface area contributed by atoms with Crippen molar-refractivity contribution in [3.05, 3.63) is 3.92 Å². The number of hydrogen-bond acceptors (Lipinski definition) is 6. The molecule has 15 heavy (non-hydrogen) atoms. The number of ether oxygens (including phenoxy) is 2. The fourth-order valence-corrected chi connectivity index (χ4v) is 2.48. The number of nitrogens with zero attached hydrogens (tertiary/aromatic N) is 2. The molecule has 0 aromatic carbocycles. The van der Waals surface area contributed by atoms with Crippen LogP contribution in [0, 0.1) is 0 Å². The van der Waals surface area contributed by atoms with Crippen molar-refractivity contribution in [2.24, 2.45) is 0 Å². The van der Waals surface area contributed by atoms with Gasteiger partial charge in [-0.25, -0.2) is 0 Å². The van der Waals surface area contributed by atoms with E-state index in [1.807, 2.05) is 0 Å². The molecule has 0 bridgehead atoms. The Labute approximate surface area is 100 Å². The van der Waals surface area contributed by atoms with Crippen LogP contribution in [0.15, 0.2) is 3.92 Å². The van der Waals surface area contributed by atoms with E-state index in [1.54, 1.807) is 7.11 Å². The maximum atomic E-state index is 5.48. The maximum absolute atomic E-state index is 5.48. The van der Waals surface area contributed by atoms with Crippen LogP contribution in [-0.4, -0.2) is 42.7 Å². The van der Waals surface area contributed by atoms with E-state index < -0.39 is 0 Å². The summed E-state index contributed by atoms with van der Waals surface area (Å²) in [6.45, 7) is 2.09. The molecule has 1 aromatic rings. The van der Waals surface area contributed by atoms with Crippen LogP contribution < -0.4 is 5.32 Å². The predicted molar refractivity (Wildman–Crippen MR) is 61.3 cm³/mol. The van der Waals surface area contributed by atoms with Crippen LogP contribution in [0.2, 0.25) is 0 Å². The zero-order valence-electron chi connectivity index (χ0n) is 8.33. The third kappa shape index (κ3) is 2.66. The van der Waals surface area contributed by atoms with Crippen molar-refractivity contribution in [1.82, 2.24) is 10.2 Å². The van der Waals surface area contributed by atoms with E-state index >= 15 is 0 Å². The Hall–Kier alpha value is -0.240. The van der Waals surface area contributed by atoms with Gasteiger partial charge in [-0.05, 0) is 15.9 Å². The smallest absolute Gasteiger partial charge is 0.206 e. The van der Waals surface area contributed by atoms with E-state index in [0.29, 0.717) is 13.2 Å². The van der Waals surface area contributed by atoms with Crippen LogP contribution in [0.1, 0.15) is 6.42 Å². The van der Waals surface area contributed by atoms with Gasteiger partial charge in [-0.1, -0.05) is 11.3 Å². The molecule has 2 rings (SSSR count). The summed E-state index contributed by atoms with van der Waals surface area (Å²) in [5.41, 5.74) is -0.210. The Morgan fingerprint density at radius 3 is 3.07 bits per heavy atom. The van der Waals surface area contributed by atoms with Gasteiger partial charge in [0.05, 0.1) is 6.61 Å². The van der Waals surface area contributed by atoms with Gasteiger partial charge in [-0.3, -0.25) is 0 Å². The lowest BCUT2D eigenvalue weighted by Crippen LogP contribution is -2.39. The zero-order chi connectivity index (χ0) is 10.7. The molecule has 1 N–H and O–H groups in total. The van der Waals surface area contributed by atoms with E-state index in [9.17, 15) is 0 Å². The monoisotopic (exact) mass is 293 g/mol. The van der Waals surface area contributed by atoms with Gasteiger partial charge in [0, 0.05) is 26.7 Å². The Morgan fingerprint density at radius 1 is 1.67 bits per heavy atom. The first-order valence-corrected chi connectivity index (χ1v) is 6.21. The lowest BCUT2D eigenvalue weighted by atomic mass is 10.0. The lowest BCUT2D eigenvalue weighted by Gasteiger charge is -2.25. The van der Waals surface area contributed by atoms with Crippen molar-refractivity contribution in [3.63, 3.8) is 0 Å². The van der Waals surface area contributed by atoms with Gasteiger partial charge in [-0.15, -0.1) is 10.2 Å². The SMILES string of the molecule is COC1(CNc2nnc(Br)s2)CCOC1. The topological polar surface area (TPSA) is 56.3 Å². The third-order valence-corrected chi connectivity index (χ3v) is 3.78. The number of rotatable bonds is 4. The molecule has 0 aliphatic carbocycles. The molecule has 0 radical (unpaired) electrons. The molecule has 1 unspecified atom stereocenters. The second-order valence-corrected chi connectivity index (χ2v) is 5.66. The maximum Gasteiger partial charge on any atom is 0.206 e. The minimum absolute atomic E-state index is 0.210. The van der Waals surface area contributed by atoms with E-state index in [4.69, 9.17) is 9.47 Å². The molecule has 0 amide bonds. The first-order chi connectivity index (χ1) is 7.24. The summed E-state index contributed by atoms with van der Waals surface area (Å²) in [4.78, 5) is 0.